The fourth-order valence-electron chi connectivity index (χ4n) is 2.01. The summed E-state index contributed by atoms with van der Waals surface area (Å²) < 4.78 is 13.8. The number of rotatable bonds is 4. The highest BCUT2D eigenvalue weighted by molar-refractivity contribution is 7.09. The molecule has 0 saturated heterocycles. The average molecular weight is 312 g/mol. The van der Waals surface area contributed by atoms with Gasteiger partial charge in [-0.05, 0) is 11.6 Å². The van der Waals surface area contributed by atoms with Crippen molar-refractivity contribution < 1.29 is 4.39 Å². The van der Waals surface area contributed by atoms with Crippen LogP contribution >= 0.6 is 22.9 Å². The Hall–Kier alpha value is -0.930. The van der Waals surface area contributed by atoms with Crippen LogP contribution in [0, 0.1) is 5.82 Å². The second-order valence-corrected chi connectivity index (χ2v) is 7.20. The van der Waals surface area contributed by atoms with Crippen molar-refractivity contribution in [3.8, 4) is 0 Å². The van der Waals surface area contributed by atoms with Gasteiger partial charge in [0.2, 0.25) is 0 Å². The third kappa shape index (κ3) is 3.58. The van der Waals surface area contributed by atoms with Crippen LogP contribution in [0.2, 0.25) is 0 Å². The van der Waals surface area contributed by atoms with E-state index in [0.29, 0.717) is 17.9 Å². The first-order chi connectivity index (χ1) is 9.41. The summed E-state index contributed by atoms with van der Waals surface area (Å²) in [4.78, 5) is 4.66. The Bertz CT molecular complexity index is 574. The molecule has 0 aliphatic rings. The molecule has 0 bridgehead atoms. The smallest absolute Gasteiger partial charge is 0.126 e. The van der Waals surface area contributed by atoms with Gasteiger partial charge >= 0.3 is 0 Å². The van der Waals surface area contributed by atoms with Gasteiger partial charge in [0.25, 0.3) is 0 Å². The van der Waals surface area contributed by atoms with Crippen molar-refractivity contribution in [2.45, 2.75) is 38.5 Å². The van der Waals surface area contributed by atoms with Crippen molar-refractivity contribution in [3.63, 3.8) is 0 Å². The Kier molecular flexibility index (Phi) is 4.82. The van der Waals surface area contributed by atoms with Crippen LogP contribution in [-0.4, -0.2) is 10.9 Å². The number of nitrogens with zero attached hydrogens (tertiary/aromatic N) is 1. The molecule has 0 saturated carbocycles. The molecule has 0 spiro atoms. The van der Waals surface area contributed by atoms with E-state index in [1.807, 2.05) is 6.07 Å². The number of benzene rings is 1. The van der Waals surface area contributed by atoms with E-state index >= 15 is 0 Å². The standard InChI is InChI=1S/C16H19ClFNS/c1-16(2,3)14-10-20-15(19-14)8-11(9-17)12-6-4-5-7-13(12)18/h4-7,10-11H,8-9H2,1-3H3. The second-order valence-electron chi connectivity index (χ2n) is 5.95. The predicted molar refractivity (Wildman–Crippen MR) is 84.4 cm³/mol. The van der Waals surface area contributed by atoms with Crippen molar-refractivity contribution in [2.24, 2.45) is 0 Å². The molecule has 0 aliphatic heterocycles. The van der Waals surface area contributed by atoms with E-state index < -0.39 is 0 Å². The van der Waals surface area contributed by atoms with Crippen molar-refractivity contribution in [3.05, 3.63) is 51.7 Å². The third-order valence-electron chi connectivity index (χ3n) is 3.27. The highest BCUT2D eigenvalue weighted by Crippen LogP contribution is 2.29. The van der Waals surface area contributed by atoms with Gasteiger partial charge in [0.05, 0.1) is 10.7 Å². The molecule has 0 fully saturated rings. The van der Waals surface area contributed by atoms with Gasteiger partial charge in [-0.2, -0.15) is 0 Å². The van der Waals surface area contributed by atoms with Crippen LogP contribution in [0.25, 0.3) is 0 Å². The molecule has 2 rings (SSSR count). The minimum atomic E-state index is -0.189. The third-order valence-corrected chi connectivity index (χ3v) is 4.52. The fraction of sp³-hybridized carbons (Fsp3) is 0.438. The van der Waals surface area contributed by atoms with Gasteiger partial charge in [-0.3, -0.25) is 0 Å². The minimum absolute atomic E-state index is 0.0307. The molecule has 4 heteroatoms. The van der Waals surface area contributed by atoms with E-state index in [1.54, 1.807) is 23.5 Å². The summed E-state index contributed by atoms with van der Waals surface area (Å²) in [7, 11) is 0. The predicted octanol–water partition coefficient (Wildman–Crippen LogP) is 5.14. The lowest BCUT2D eigenvalue weighted by molar-refractivity contribution is 0.566. The van der Waals surface area contributed by atoms with Gasteiger partial charge in [-0.1, -0.05) is 39.0 Å². The molecule has 0 N–H and O–H groups in total. The van der Waals surface area contributed by atoms with Crippen molar-refractivity contribution >= 4 is 22.9 Å². The summed E-state index contributed by atoms with van der Waals surface area (Å²) in [6, 6.07) is 6.84. The molecule has 0 aliphatic carbocycles. The Labute approximate surface area is 128 Å². The first kappa shape index (κ1) is 15.5. The Balaban J connectivity index is 2.19. The molecule has 1 unspecified atom stereocenters. The van der Waals surface area contributed by atoms with Crippen LogP contribution in [0.5, 0.6) is 0 Å². The topological polar surface area (TPSA) is 12.9 Å². The lowest BCUT2D eigenvalue weighted by Gasteiger charge is -2.15. The van der Waals surface area contributed by atoms with Gasteiger partial charge < -0.3 is 0 Å². The maximum absolute atomic E-state index is 13.8. The van der Waals surface area contributed by atoms with E-state index in [9.17, 15) is 4.39 Å². The molecule has 2 aromatic rings. The highest BCUT2D eigenvalue weighted by Gasteiger charge is 2.20. The van der Waals surface area contributed by atoms with E-state index in [4.69, 9.17) is 11.6 Å². The maximum atomic E-state index is 13.8. The Morgan fingerprint density at radius 3 is 2.55 bits per heavy atom. The van der Waals surface area contributed by atoms with Crippen LogP contribution in [-0.2, 0) is 11.8 Å². The number of halogens is 2. The lowest BCUT2D eigenvalue weighted by atomic mass is 9.93. The summed E-state index contributed by atoms with van der Waals surface area (Å²) in [5.74, 6) is 0.174. The van der Waals surface area contributed by atoms with Gasteiger partial charge in [0, 0.05) is 29.0 Å². The molecule has 0 radical (unpaired) electrons. The average Bonchev–Trinajstić information content (AvgIpc) is 2.85. The van der Waals surface area contributed by atoms with Crippen LogP contribution in [0.3, 0.4) is 0 Å². The zero-order valence-electron chi connectivity index (χ0n) is 12.0. The molecule has 1 aromatic carbocycles. The molecule has 1 aromatic heterocycles. The van der Waals surface area contributed by atoms with Gasteiger partial charge in [0.15, 0.2) is 0 Å². The largest absolute Gasteiger partial charge is 0.246 e. The van der Waals surface area contributed by atoms with Crippen molar-refractivity contribution in [1.82, 2.24) is 4.98 Å². The molecule has 1 heterocycles. The molecular weight excluding hydrogens is 293 g/mol. The number of hydrogen-bond donors (Lipinski definition) is 0. The quantitative estimate of drug-likeness (QED) is 0.712. The SMILES string of the molecule is CC(C)(C)c1csc(CC(CCl)c2ccccc2F)n1. The minimum Gasteiger partial charge on any atom is -0.246 e. The van der Waals surface area contributed by atoms with E-state index in [-0.39, 0.29) is 17.2 Å². The first-order valence-corrected chi connectivity index (χ1v) is 8.08. The summed E-state index contributed by atoms with van der Waals surface area (Å²) in [6.07, 6.45) is 0.686. The molecule has 20 heavy (non-hydrogen) atoms. The van der Waals surface area contributed by atoms with E-state index in [1.165, 1.54) is 6.07 Å². The molecule has 0 amide bonds. The molecule has 1 nitrogen and oxygen atoms in total. The molecular formula is C16H19ClFNS. The lowest BCUT2D eigenvalue weighted by Crippen LogP contribution is -2.12. The Morgan fingerprint density at radius 2 is 2.00 bits per heavy atom. The van der Waals surface area contributed by atoms with Gasteiger partial charge in [-0.15, -0.1) is 22.9 Å². The molecule has 1 atom stereocenters. The zero-order chi connectivity index (χ0) is 14.8. The van der Waals surface area contributed by atoms with Crippen LogP contribution in [0.15, 0.2) is 29.6 Å². The highest BCUT2D eigenvalue weighted by atomic mass is 35.5. The van der Waals surface area contributed by atoms with Gasteiger partial charge in [0.1, 0.15) is 5.82 Å². The number of hydrogen-bond acceptors (Lipinski definition) is 2. The Morgan fingerprint density at radius 1 is 1.30 bits per heavy atom. The van der Waals surface area contributed by atoms with Gasteiger partial charge in [-0.25, -0.2) is 9.37 Å². The first-order valence-electron chi connectivity index (χ1n) is 6.67. The van der Waals surface area contributed by atoms with Crippen LogP contribution in [0.1, 0.15) is 43.0 Å². The number of alkyl halides is 1. The summed E-state index contributed by atoms with van der Waals surface area (Å²) in [6.45, 7) is 6.42. The van der Waals surface area contributed by atoms with E-state index in [0.717, 1.165) is 10.7 Å². The molecule has 108 valence electrons. The number of thiazole rings is 1. The number of aromatic nitrogens is 1. The zero-order valence-corrected chi connectivity index (χ0v) is 13.6. The van der Waals surface area contributed by atoms with Crippen LogP contribution in [0.4, 0.5) is 4.39 Å². The van der Waals surface area contributed by atoms with Crippen molar-refractivity contribution in [2.75, 3.05) is 5.88 Å². The summed E-state index contributed by atoms with van der Waals surface area (Å²) in [5, 5.41) is 3.10. The second kappa shape index (κ2) is 6.23. The summed E-state index contributed by atoms with van der Waals surface area (Å²) in [5.41, 5.74) is 1.80. The van der Waals surface area contributed by atoms with Crippen LogP contribution < -0.4 is 0 Å². The van der Waals surface area contributed by atoms with Crippen molar-refractivity contribution in [1.29, 1.82) is 0 Å². The fourth-order valence-corrected chi connectivity index (χ4v) is 3.39. The summed E-state index contributed by atoms with van der Waals surface area (Å²) >= 11 is 7.66. The normalized spacial score (nSPS) is 13.4. The maximum Gasteiger partial charge on any atom is 0.126 e. The monoisotopic (exact) mass is 311 g/mol. The van der Waals surface area contributed by atoms with E-state index in [2.05, 4.69) is 31.1 Å².